The molecule has 12 heteroatoms. The first-order valence-corrected chi connectivity index (χ1v) is 11.8. The fourth-order valence-corrected chi connectivity index (χ4v) is 5.32. The third kappa shape index (κ3) is 4.50. The predicted octanol–water partition coefficient (Wildman–Crippen LogP) is 2.40. The largest absolute Gasteiger partial charge is 0.469 e. The Hall–Kier alpha value is -2.70. The van der Waals surface area contributed by atoms with Gasteiger partial charge in [-0.25, -0.2) is 12.8 Å². The van der Waals surface area contributed by atoms with Crippen molar-refractivity contribution in [3.05, 3.63) is 48.2 Å². The van der Waals surface area contributed by atoms with Crippen LogP contribution in [0, 0.1) is 12.7 Å². The predicted molar refractivity (Wildman–Crippen MR) is 109 cm³/mol. The van der Waals surface area contributed by atoms with Gasteiger partial charge in [0, 0.05) is 26.2 Å². The number of aromatic nitrogens is 2. The molecule has 1 aliphatic rings. The van der Waals surface area contributed by atoms with Gasteiger partial charge in [0.2, 0.25) is 15.9 Å². The Morgan fingerprint density at radius 3 is 2.58 bits per heavy atom. The highest BCUT2D eigenvalue weighted by atomic mass is 32.2. The van der Waals surface area contributed by atoms with E-state index in [0.717, 1.165) is 17.8 Å². The lowest BCUT2D eigenvalue weighted by molar-refractivity contribution is -0.129. The minimum Gasteiger partial charge on any atom is -0.469 e. The Balaban J connectivity index is 1.31. The van der Waals surface area contributed by atoms with Crippen molar-refractivity contribution in [2.45, 2.75) is 17.0 Å². The molecule has 4 rings (SSSR count). The minimum absolute atomic E-state index is 0.0755. The van der Waals surface area contributed by atoms with Gasteiger partial charge in [0.25, 0.3) is 11.1 Å². The number of aryl methyl sites for hydroxylation is 1. The van der Waals surface area contributed by atoms with Gasteiger partial charge < -0.3 is 13.7 Å². The molecule has 0 radical (unpaired) electrons. The molecule has 1 aromatic carbocycles. The zero-order chi connectivity index (χ0) is 22.0. The molecule has 0 N–H and O–H groups in total. The van der Waals surface area contributed by atoms with Crippen molar-refractivity contribution in [2.24, 2.45) is 0 Å². The first-order valence-electron chi connectivity index (χ1n) is 9.39. The van der Waals surface area contributed by atoms with Crippen molar-refractivity contribution in [1.29, 1.82) is 0 Å². The number of sulfonamides is 1. The summed E-state index contributed by atoms with van der Waals surface area (Å²) >= 11 is 1.11. The highest BCUT2D eigenvalue weighted by molar-refractivity contribution is 7.99. The second-order valence-electron chi connectivity index (χ2n) is 6.77. The quantitative estimate of drug-likeness (QED) is 0.510. The van der Waals surface area contributed by atoms with Crippen molar-refractivity contribution in [3.8, 4) is 11.5 Å². The molecule has 0 bridgehead atoms. The van der Waals surface area contributed by atoms with E-state index in [9.17, 15) is 17.6 Å². The summed E-state index contributed by atoms with van der Waals surface area (Å²) in [5, 5.41) is 8.14. The van der Waals surface area contributed by atoms with Crippen LogP contribution in [-0.2, 0) is 14.8 Å². The molecule has 0 atom stereocenters. The van der Waals surface area contributed by atoms with Crippen LogP contribution in [0.25, 0.3) is 11.5 Å². The van der Waals surface area contributed by atoms with E-state index in [-0.39, 0.29) is 48.0 Å². The van der Waals surface area contributed by atoms with Crippen LogP contribution >= 0.6 is 11.8 Å². The second kappa shape index (κ2) is 8.81. The lowest BCUT2D eigenvalue weighted by Crippen LogP contribution is -2.51. The number of piperazine rings is 1. The van der Waals surface area contributed by atoms with Crippen LogP contribution in [0.1, 0.15) is 5.76 Å². The van der Waals surface area contributed by atoms with Crippen molar-refractivity contribution in [3.63, 3.8) is 0 Å². The molecule has 1 amide bonds. The Morgan fingerprint density at radius 2 is 1.90 bits per heavy atom. The van der Waals surface area contributed by atoms with Gasteiger partial charge in [0.05, 0.1) is 17.6 Å². The number of nitrogens with zero attached hydrogens (tertiary/aromatic N) is 4. The van der Waals surface area contributed by atoms with E-state index in [1.54, 1.807) is 17.9 Å². The van der Waals surface area contributed by atoms with Crippen LogP contribution in [0.5, 0.6) is 0 Å². The lowest BCUT2D eigenvalue weighted by atomic mass is 10.3. The number of benzene rings is 1. The third-order valence-electron chi connectivity index (χ3n) is 4.86. The SMILES string of the molecule is Cc1occc1-c1nnc(SCC(=O)N2CCN(S(=O)(=O)c3ccccc3F)CC2)o1. The molecule has 1 saturated heterocycles. The maximum Gasteiger partial charge on any atom is 0.277 e. The van der Waals surface area contributed by atoms with E-state index in [1.807, 2.05) is 0 Å². The average Bonchev–Trinajstić information content (AvgIpc) is 3.41. The van der Waals surface area contributed by atoms with Crippen LogP contribution in [-0.4, -0.2) is 65.7 Å². The Kier molecular flexibility index (Phi) is 6.12. The third-order valence-corrected chi connectivity index (χ3v) is 7.60. The monoisotopic (exact) mass is 466 g/mol. The summed E-state index contributed by atoms with van der Waals surface area (Å²) in [6.45, 7) is 2.41. The Bertz CT molecular complexity index is 1190. The molecular weight excluding hydrogens is 447 g/mol. The maximum atomic E-state index is 13.9. The number of carbonyl (C=O) groups excluding carboxylic acids is 1. The summed E-state index contributed by atoms with van der Waals surface area (Å²) < 4.78 is 51.2. The standard InChI is InChI=1S/C19H19FN4O5S2/c1-13-14(6-11-28-13)18-21-22-19(29-18)30-12-17(25)23-7-9-24(10-8-23)31(26,27)16-5-3-2-4-15(16)20/h2-6,11H,7-10,12H2,1H3. The second-order valence-corrected chi connectivity index (χ2v) is 9.60. The van der Waals surface area contributed by atoms with Crippen LogP contribution in [0.3, 0.4) is 0 Å². The Labute approximate surface area is 182 Å². The number of amides is 1. The molecule has 31 heavy (non-hydrogen) atoms. The zero-order valence-electron chi connectivity index (χ0n) is 16.5. The zero-order valence-corrected chi connectivity index (χ0v) is 18.2. The number of thioether (sulfide) groups is 1. The summed E-state index contributed by atoms with van der Waals surface area (Å²) in [6.07, 6.45) is 1.53. The highest BCUT2D eigenvalue weighted by Crippen LogP contribution is 2.26. The molecule has 1 fully saturated rings. The number of hydrogen-bond acceptors (Lipinski definition) is 8. The lowest BCUT2D eigenvalue weighted by Gasteiger charge is -2.34. The van der Waals surface area contributed by atoms with Crippen LogP contribution in [0.4, 0.5) is 4.39 Å². The van der Waals surface area contributed by atoms with Gasteiger partial charge >= 0.3 is 0 Å². The van der Waals surface area contributed by atoms with Gasteiger partial charge in [-0.2, -0.15) is 4.31 Å². The van der Waals surface area contributed by atoms with Crippen molar-refractivity contribution in [1.82, 2.24) is 19.4 Å². The minimum atomic E-state index is -3.95. The van der Waals surface area contributed by atoms with Crippen LogP contribution < -0.4 is 0 Å². The van der Waals surface area contributed by atoms with E-state index in [1.165, 1.54) is 28.8 Å². The molecule has 2 aromatic heterocycles. The Morgan fingerprint density at radius 1 is 1.16 bits per heavy atom. The fraction of sp³-hybridized carbons (Fsp3) is 0.316. The number of carbonyl (C=O) groups is 1. The van der Waals surface area contributed by atoms with Crippen LogP contribution in [0.2, 0.25) is 0 Å². The molecule has 0 unspecified atom stereocenters. The van der Waals surface area contributed by atoms with Gasteiger partial charge in [-0.15, -0.1) is 10.2 Å². The van der Waals surface area contributed by atoms with Gasteiger partial charge in [-0.1, -0.05) is 23.9 Å². The molecule has 9 nitrogen and oxygen atoms in total. The fourth-order valence-electron chi connectivity index (χ4n) is 3.17. The summed E-state index contributed by atoms with van der Waals surface area (Å²) in [7, 11) is -3.95. The summed E-state index contributed by atoms with van der Waals surface area (Å²) in [4.78, 5) is 13.7. The summed E-state index contributed by atoms with van der Waals surface area (Å²) in [5.41, 5.74) is 0.692. The summed E-state index contributed by atoms with van der Waals surface area (Å²) in [6, 6.07) is 6.98. The van der Waals surface area contributed by atoms with Crippen molar-refractivity contribution >= 4 is 27.7 Å². The van der Waals surface area contributed by atoms with Gasteiger partial charge in [0.1, 0.15) is 16.5 Å². The molecule has 164 valence electrons. The topological polar surface area (TPSA) is 110 Å². The molecular formula is C19H19FN4O5S2. The van der Waals surface area contributed by atoms with E-state index >= 15 is 0 Å². The highest BCUT2D eigenvalue weighted by Gasteiger charge is 2.31. The first kappa shape index (κ1) is 21.5. The number of halogens is 1. The first-order chi connectivity index (χ1) is 14.9. The van der Waals surface area contributed by atoms with Crippen molar-refractivity contribution < 1.29 is 26.4 Å². The van der Waals surface area contributed by atoms with Gasteiger partial charge in [0.15, 0.2) is 0 Å². The molecule has 1 aliphatic heterocycles. The smallest absolute Gasteiger partial charge is 0.277 e. The average molecular weight is 467 g/mol. The van der Waals surface area contributed by atoms with Crippen LogP contribution in [0.15, 0.2) is 55.5 Å². The van der Waals surface area contributed by atoms with E-state index in [2.05, 4.69) is 10.2 Å². The number of furan rings is 1. The van der Waals surface area contributed by atoms with Gasteiger partial charge in [-0.05, 0) is 25.1 Å². The molecule has 3 aromatic rings. The molecule has 0 spiro atoms. The van der Waals surface area contributed by atoms with Gasteiger partial charge in [-0.3, -0.25) is 4.79 Å². The van der Waals surface area contributed by atoms with E-state index in [4.69, 9.17) is 8.83 Å². The summed E-state index contributed by atoms with van der Waals surface area (Å²) in [5.74, 6) is 0.0771. The number of rotatable bonds is 6. The molecule has 0 aliphatic carbocycles. The van der Waals surface area contributed by atoms with E-state index in [0.29, 0.717) is 17.2 Å². The maximum absolute atomic E-state index is 13.9. The van der Waals surface area contributed by atoms with Crippen molar-refractivity contribution in [2.75, 3.05) is 31.9 Å². The normalized spacial score (nSPS) is 15.4. The van der Waals surface area contributed by atoms with E-state index < -0.39 is 15.8 Å². The molecule has 3 heterocycles. The number of hydrogen-bond donors (Lipinski definition) is 0. The molecule has 0 saturated carbocycles.